The lowest BCUT2D eigenvalue weighted by Crippen LogP contribution is -2.46. The highest BCUT2D eigenvalue weighted by molar-refractivity contribution is 9.10. The van der Waals surface area contributed by atoms with Crippen molar-refractivity contribution in [3.63, 3.8) is 0 Å². The van der Waals surface area contributed by atoms with Crippen LogP contribution >= 0.6 is 28.3 Å². The SMILES string of the molecule is Cl.Fc1ccc(Br)c([C@@H](C2CCCC2)N2CCNCC2)c1. The Labute approximate surface area is 141 Å². The number of halogens is 3. The maximum atomic E-state index is 13.7. The molecule has 3 rings (SSSR count). The van der Waals surface area contributed by atoms with Crippen LogP contribution in [0.1, 0.15) is 37.3 Å². The summed E-state index contributed by atoms with van der Waals surface area (Å²) in [6.45, 7) is 4.19. The molecule has 0 unspecified atom stereocenters. The standard InChI is InChI=1S/C16H22BrFN2.ClH/c17-15-6-5-13(18)11-14(15)16(12-3-1-2-4-12)20-9-7-19-8-10-20;/h5-6,11-12,16,19H,1-4,7-10H2;1H/t16-;/m1./s1. The summed E-state index contributed by atoms with van der Waals surface area (Å²) in [4.78, 5) is 2.55. The molecule has 0 aromatic heterocycles. The molecule has 2 aliphatic rings. The minimum absolute atomic E-state index is 0. The van der Waals surface area contributed by atoms with Crippen LogP contribution in [-0.4, -0.2) is 31.1 Å². The molecule has 5 heteroatoms. The Morgan fingerprint density at radius 1 is 1.19 bits per heavy atom. The number of hydrogen-bond donors (Lipinski definition) is 1. The first-order valence-corrected chi connectivity index (χ1v) is 8.45. The molecule has 1 aliphatic heterocycles. The molecule has 1 N–H and O–H groups in total. The lowest BCUT2D eigenvalue weighted by atomic mass is 9.89. The predicted octanol–water partition coefficient (Wildman–Crippen LogP) is 4.15. The fourth-order valence-electron chi connectivity index (χ4n) is 3.72. The molecule has 118 valence electrons. The Kier molecular flexibility index (Phi) is 6.48. The van der Waals surface area contributed by atoms with Crippen molar-refractivity contribution in [2.45, 2.75) is 31.7 Å². The average molecular weight is 378 g/mol. The van der Waals surface area contributed by atoms with Gasteiger partial charge in [0.05, 0.1) is 0 Å². The Balaban J connectivity index is 0.00000161. The first kappa shape index (κ1) is 17.2. The third kappa shape index (κ3) is 3.98. The van der Waals surface area contributed by atoms with Gasteiger partial charge < -0.3 is 5.32 Å². The normalized spacial score (nSPS) is 22.0. The average Bonchev–Trinajstić information content (AvgIpc) is 2.98. The van der Waals surface area contributed by atoms with E-state index < -0.39 is 0 Å². The van der Waals surface area contributed by atoms with Gasteiger partial charge in [0.1, 0.15) is 5.82 Å². The molecule has 1 saturated carbocycles. The summed E-state index contributed by atoms with van der Waals surface area (Å²) >= 11 is 3.64. The van der Waals surface area contributed by atoms with Crippen LogP contribution in [0.3, 0.4) is 0 Å². The van der Waals surface area contributed by atoms with E-state index >= 15 is 0 Å². The molecule has 21 heavy (non-hydrogen) atoms. The van der Waals surface area contributed by atoms with Crippen molar-refractivity contribution in [1.29, 1.82) is 0 Å². The fraction of sp³-hybridized carbons (Fsp3) is 0.625. The molecule has 0 spiro atoms. The Morgan fingerprint density at radius 2 is 1.86 bits per heavy atom. The summed E-state index contributed by atoms with van der Waals surface area (Å²) in [5, 5.41) is 3.41. The van der Waals surface area contributed by atoms with Crippen molar-refractivity contribution in [2.24, 2.45) is 5.92 Å². The van der Waals surface area contributed by atoms with Gasteiger partial charge in [0.2, 0.25) is 0 Å². The van der Waals surface area contributed by atoms with E-state index in [-0.39, 0.29) is 18.2 Å². The summed E-state index contributed by atoms with van der Waals surface area (Å²) in [6.07, 6.45) is 5.19. The zero-order valence-electron chi connectivity index (χ0n) is 12.2. The summed E-state index contributed by atoms with van der Waals surface area (Å²) in [5.41, 5.74) is 1.14. The molecule has 1 aromatic carbocycles. The summed E-state index contributed by atoms with van der Waals surface area (Å²) < 4.78 is 14.8. The third-order valence-electron chi connectivity index (χ3n) is 4.67. The van der Waals surface area contributed by atoms with Gasteiger partial charge in [-0.1, -0.05) is 28.8 Å². The maximum Gasteiger partial charge on any atom is 0.123 e. The molecule has 1 saturated heterocycles. The molecule has 2 fully saturated rings. The second-order valence-electron chi connectivity index (χ2n) is 5.94. The van der Waals surface area contributed by atoms with E-state index in [1.807, 2.05) is 6.07 Å². The second kappa shape index (κ2) is 7.91. The van der Waals surface area contributed by atoms with Gasteiger partial charge in [-0.15, -0.1) is 12.4 Å². The van der Waals surface area contributed by atoms with Crippen molar-refractivity contribution in [1.82, 2.24) is 10.2 Å². The van der Waals surface area contributed by atoms with E-state index in [0.29, 0.717) is 12.0 Å². The van der Waals surface area contributed by atoms with Crippen LogP contribution in [0.15, 0.2) is 22.7 Å². The van der Waals surface area contributed by atoms with Crippen LogP contribution < -0.4 is 5.32 Å². The first-order chi connectivity index (χ1) is 9.75. The minimum Gasteiger partial charge on any atom is -0.314 e. The van der Waals surface area contributed by atoms with Crippen LogP contribution in [0, 0.1) is 11.7 Å². The van der Waals surface area contributed by atoms with Crippen molar-refractivity contribution in [3.05, 3.63) is 34.1 Å². The van der Waals surface area contributed by atoms with Crippen LogP contribution in [0.4, 0.5) is 4.39 Å². The van der Waals surface area contributed by atoms with Crippen LogP contribution in [0.2, 0.25) is 0 Å². The highest BCUT2D eigenvalue weighted by atomic mass is 79.9. The summed E-state index contributed by atoms with van der Waals surface area (Å²) in [5.74, 6) is 0.549. The lowest BCUT2D eigenvalue weighted by Gasteiger charge is -2.39. The van der Waals surface area contributed by atoms with E-state index in [9.17, 15) is 4.39 Å². The zero-order chi connectivity index (χ0) is 13.9. The predicted molar refractivity (Wildman–Crippen MR) is 90.5 cm³/mol. The lowest BCUT2D eigenvalue weighted by molar-refractivity contribution is 0.125. The smallest absolute Gasteiger partial charge is 0.123 e. The second-order valence-corrected chi connectivity index (χ2v) is 6.80. The molecule has 1 heterocycles. The van der Waals surface area contributed by atoms with E-state index in [4.69, 9.17) is 0 Å². The number of benzene rings is 1. The highest BCUT2D eigenvalue weighted by Crippen LogP contribution is 2.42. The third-order valence-corrected chi connectivity index (χ3v) is 5.39. The molecule has 0 radical (unpaired) electrons. The minimum atomic E-state index is -0.124. The molecule has 1 aliphatic carbocycles. The Hall–Kier alpha value is -0.160. The molecule has 0 bridgehead atoms. The number of nitrogens with one attached hydrogen (secondary N) is 1. The van der Waals surface area contributed by atoms with Gasteiger partial charge in [-0.3, -0.25) is 4.90 Å². The van der Waals surface area contributed by atoms with Gasteiger partial charge in [-0.2, -0.15) is 0 Å². The maximum absolute atomic E-state index is 13.7. The molecule has 1 aromatic rings. The number of rotatable bonds is 3. The first-order valence-electron chi connectivity index (χ1n) is 7.65. The van der Waals surface area contributed by atoms with Crippen LogP contribution in [0.25, 0.3) is 0 Å². The fourth-order valence-corrected chi connectivity index (χ4v) is 4.20. The summed E-state index contributed by atoms with van der Waals surface area (Å²) in [6, 6.07) is 5.49. The van der Waals surface area contributed by atoms with Crippen molar-refractivity contribution in [3.8, 4) is 0 Å². The van der Waals surface area contributed by atoms with Crippen molar-refractivity contribution in [2.75, 3.05) is 26.2 Å². The number of nitrogens with zero attached hydrogens (tertiary/aromatic N) is 1. The van der Waals surface area contributed by atoms with Gasteiger partial charge in [-0.05, 0) is 42.5 Å². The number of piperazine rings is 1. The van der Waals surface area contributed by atoms with Gasteiger partial charge in [0.25, 0.3) is 0 Å². The summed E-state index contributed by atoms with van der Waals surface area (Å²) in [7, 11) is 0. The van der Waals surface area contributed by atoms with E-state index in [1.165, 1.54) is 31.7 Å². The van der Waals surface area contributed by atoms with Gasteiger partial charge in [-0.25, -0.2) is 4.39 Å². The topological polar surface area (TPSA) is 15.3 Å². The molecular weight excluding hydrogens is 355 g/mol. The van der Waals surface area contributed by atoms with E-state index in [0.717, 1.165) is 36.2 Å². The Bertz CT molecular complexity index is 460. The van der Waals surface area contributed by atoms with Gasteiger partial charge in [0, 0.05) is 36.7 Å². The molecule has 2 nitrogen and oxygen atoms in total. The zero-order valence-corrected chi connectivity index (χ0v) is 14.6. The molecule has 0 amide bonds. The van der Waals surface area contributed by atoms with E-state index in [2.05, 4.69) is 26.1 Å². The molecule has 1 atom stereocenters. The highest BCUT2D eigenvalue weighted by Gasteiger charge is 2.33. The Morgan fingerprint density at radius 3 is 2.52 bits per heavy atom. The number of hydrogen-bond acceptors (Lipinski definition) is 2. The van der Waals surface area contributed by atoms with Crippen molar-refractivity contribution < 1.29 is 4.39 Å². The van der Waals surface area contributed by atoms with Gasteiger partial charge >= 0.3 is 0 Å². The van der Waals surface area contributed by atoms with Crippen LogP contribution in [0.5, 0.6) is 0 Å². The van der Waals surface area contributed by atoms with Crippen LogP contribution in [-0.2, 0) is 0 Å². The monoisotopic (exact) mass is 376 g/mol. The van der Waals surface area contributed by atoms with E-state index in [1.54, 1.807) is 6.07 Å². The quantitative estimate of drug-likeness (QED) is 0.851. The largest absolute Gasteiger partial charge is 0.314 e. The van der Waals surface area contributed by atoms with Gasteiger partial charge in [0.15, 0.2) is 0 Å². The molecular formula is C16H23BrClFN2. The van der Waals surface area contributed by atoms with Crippen molar-refractivity contribution >= 4 is 28.3 Å².